The largest absolute Gasteiger partial charge is 0.494 e. The number of hydrogen-bond donors (Lipinski definition) is 2. The number of unbranched alkanes of at least 4 members (excludes halogenated alkanes) is 2. The predicted octanol–water partition coefficient (Wildman–Crippen LogP) is 7.34. The van der Waals surface area contributed by atoms with Crippen molar-refractivity contribution in [1.82, 2.24) is 10.1 Å². The van der Waals surface area contributed by atoms with Crippen molar-refractivity contribution >= 4 is 40.9 Å². The van der Waals surface area contributed by atoms with Crippen molar-refractivity contribution in [3.63, 3.8) is 0 Å². The zero-order valence-electron chi connectivity index (χ0n) is 31.5. The van der Waals surface area contributed by atoms with Gasteiger partial charge in [-0.3, -0.25) is 29.1 Å². The topological polar surface area (TPSA) is 159 Å². The fourth-order valence-electron chi connectivity index (χ4n) is 4.79. The minimum absolute atomic E-state index is 0.169. The summed E-state index contributed by atoms with van der Waals surface area (Å²) in [5.41, 5.74) is 17.7. The van der Waals surface area contributed by atoms with Crippen LogP contribution in [-0.2, 0) is 16.1 Å². The van der Waals surface area contributed by atoms with E-state index in [2.05, 4.69) is 13.8 Å². The molecule has 282 valence electrons. The van der Waals surface area contributed by atoms with Crippen LogP contribution in [0.15, 0.2) is 89.9 Å². The van der Waals surface area contributed by atoms with Crippen molar-refractivity contribution in [3.05, 3.63) is 113 Å². The monoisotopic (exact) mass is 725 g/mol. The summed E-state index contributed by atoms with van der Waals surface area (Å²) in [5, 5.41) is 2.33. The van der Waals surface area contributed by atoms with E-state index in [1.54, 1.807) is 37.4 Å². The van der Waals surface area contributed by atoms with E-state index < -0.39 is 0 Å². The van der Waals surface area contributed by atoms with Gasteiger partial charge in [-0.25, -0.2) is 10.1 Å². The lowest BCUT2D eigenvalue weighted by atomic mass is 10.0. The second-order valence-corrected chi connectivity index (χ2v) is 12.0. The summed E-state index contributed by atoms with van der Waals surface area (Å²) in [5.74, 6) is 1.28. The lowest BCUT2D eigenvalue weighted by molar-refractivity contribution is -0.0757. The second-order valence-electron chi connectivity index (χ2n) is 12.0. The first kappa shape index (κ1) is 41.7. The van der Waals surface area contributed by atoms with Crippen molar-refractivity contribution in [3.8, 4) is 11.5 Å². The van der Waals surface area contributed by atoms with Gasteiger partial charge in [0, 0.05) is 37.2 Å². The highest BCUT2D eigenvalue weighted by molar-refractivity contribution is 6.07. The van der Waals surface area contributed by atoms with Crippen LogP contribution in [0.4, 0.5) is 17.1 Å². The highest BCUT2D eigenvalue weighted by Gasteiger charge is 2.20. The molecule has 0 atom stereocenters. The van der Waals surface area contributed by atoms with E-state index in [4.69, 9.17) is 35.6 Å². The number of carbonyl (C=O) groups is 3. The van der Waals surface area contributed by atoms with Crippen LogP contribution < -0.4 is 20.9 Å². The van der Waals surface area contributed by atoms with Gasteiger partial charge < -0.3 is 20.9 Å². The molecule has 0 radical (unpaired) electrons. The van der Waals surface area contributed by atoms with Crippen molar-refractivity contribution in [2.45, 2.75) is 46.0 Å². The van der Waals surface area contributed by atoms with E-state index in [1.165, 1.54) is 32.4 Å². The van der Waals surface area contributed by atoms with Gasteiger partial charge in [-0.2, -0.15) is 0 Å². The second kappa shape index (κ2) is 21.6. The highest BCUT2D eigenvalue weighted by Crippen LogP contribution is 2.30. The number of hydroxylamine groups is 4. The lowest BCUT2D eigenvalue weighted by Gasteiger charge is -2.13. The normalized spacial score (nSPS) is 11.1. The van der Waals surface area contributed by atoms with Gasteiger partial charge in [-0.15, -0.1) is 0 Å². The lowest BCUT2D eigenvalue weighted by Crippen LogP contribution is -2.25. The summed E-state index contributed by atoms with van der Waals surface area (Å²) < 4.78 is 11.1. The van der Waals surface area contributed by atoms with Gasteiger partial charge in [0.05, 0.1) is 50.2 Å². The number of ether oxygens (including phenoxy) is 2. The van der Waals surface area contributed by atoms with Gasteiger partial charge in [0.25, 0.3) is 11.8 Å². The molecule has 12 heteroatoms. The fourth-order valence-corrected chi connectivity index (χ4v) is 4.79. The van der Waals surface area contributed by atoms with Gasteiger partial charge in [-0.1, -0.05) is 26.7 Å². The van der Waals surface area contributed by atoms with E-state index in [0.717, 1.165) is 84.3 Å². The molecular weight excluding hydrogens is 674 g/mol. The van der Waals surface area contributed by atoms with Crippen molar-refractivity contribution in [2.24, 2.45) is 4.99 Å². The van der Waals surface area contributed by atoms with Crippen LogP contribution in [0.5, 0.6) is 11.5 Å². The van der Waals surface area contributed by atoms with Crippen LogP contribution in [0.1, 0.15) is 81.7 Å². The summed E-state index contributed by atoms with van der Waals surface area (Å²) >= 11 is 0. The average Bonchev–Trinajstić information content (AvgIpc) is 3.62. The zero-order valence-corrected chi connectivity index (χ0v) is 31.5. The third-order valence-electron chi connectivity index (χ3n) is 8.13. The maximum atomic E-state index is 12.2. The molecule has 0 fully saturated rings. The Morgan fingerprint density at radius 1 is 0.717 bits per heavy atom. The van der Waals surface area contributed by atoms with Crippen LogP contribution in [0.3, 0.4) is 0 Å². The van der Waals surface area contributed by atoms with Crippen LogP contribution in [0.25, 0.3) is 0 Å². The Morgan fingerprint density at radius 3 is 1.72 bits per heavy atom. The summed E-state index contributed by atoms with van der Waals surface area (Å²) in [6.07, 6.45) is 5.92. The molecule has 4 aromatic carbocycles. The first-order valence-corrected chi connectivity index (χ1v) is 17.5. The Balaban J connectivity index is 0.000000237. The molecule has 5 rings (SSSR count). The first-order chi connectivity index (χ1) is 25.5. The van der Waals surface area contributed by atoms with Crippen molar-refractivity contribution in [1.29, 1.82) is 0 Å². The number of aldehydes is 1. The van der Waals surface area contributed by atoms with Crippen LogP contribution >= 0.6 is 0 Å². The summed E-state index contributed by atoms with van der Waals surface area (Å²) in [6.45, 7) is 5.76. The van der Waals surface area contributed by atoms with Gasteiger partial charge in [-0.05, 0) is 109 Å². The molecule has 1 heterocycles. The number of carbonyl (C=O) groups excluding carboxylic acids is 3. The number of benzene rings is 4. The van der Waals surface area contributed by atoms with Crippen LogP contribution in [0, 0.1) is 0 Å². The highest BCUT2D eigenvalue weighted by atomic mass is 16.7. The minimum atomic E-state index is -0.265. The summed E-state index contributed by atoms with van der Waals surface area (Å²) in [4.78, 5) is 48.5. The Bertz CT molecular complexity index is 1810. The molecule has 0 unspecified atom stereocenters. The maximum Gasteiger partial charge on any atom is 0.277 e. The number of nitrogen functional groups attached to an aromatic ring is 2. The molecule has 2 amide bonds. The van der Waals surface area contributed by atoms with Gasteiger partial charge in [0.1, 0.15) is 17.8 Å². The molecule has 4 N–H and O–H groups in total. The molecule has 1 aliphatic rings. The Morgan fingerprint density at radius 2 is 1.23 bits per heavy atom. The Labute approximate surface area is 312 Å². The number of anilines is 2. The third kappa shape index (κ3) is 12.8. The van der Waals surface area contributed by atoms with E-state index in [0.29, 0.717) is 34.5 Å². The summed E-state index contributed by atoms with van der Waals surface area (Å²) in [7, 11) is 6.01. The quantitative estimate of drug-likeness (QED) is 0.0587. The standard InChI is InChI=1S/C21H24N2O3.C11H14O2.C9H13N3O2/c1-4-5-12-26-18-9-6-15(7-10-18)20-14-17-13-16(8-11-19(17)22-20)21(24)23(2)25-3;1-2-3-8-13-11-6-4-10(9-12)5-7-11;1-12(14-2)9(13)6-3-4-7(10)8(11)5-6/h6-11,13H,4-5,12,14H2,1-3H3;4-7,9H,2-3,8H2,1H3;3-5H,10-11H2,1-2H3. The van der Waals surface area contributed by atoms with Gasteiger partial charge in [0.15, 0.2) is 0 Å². The minimum Gasteiger partial charge on any atom is -0.494 e. The Kier molecular flexibility index (Phi) is 17.0. The van der Waals surface area contributed by atoms with Gasteiger partial charge >= 0.3 is 0 Å². The smallest absolute Gasteiger partial charge is 0.277 e. The molecule has 12 nitrogen and oxygen atoms in total. The molecule has 0 aliphatic carbocycles. The third-order valence-corrected chi connectivity index (χ3v) is 8.13. The molecule has 0 saturated carbocycles. The molecule has 0 spiro atoms. The van der Waals surface area contributed by atoms with E-state index in [1.807, 2.05) is 48.5 Å². The average molecular weight is 726 g/mol. The number of rotatable bonds is 14. The molecule has 0 saturated heterocycles. The molecule has 1 aliphatic heterocycles. The molecule has 53 heavy (non-hydrogen) atoms. The SMILES string of the molecule is CCCCOc1ccc(C2=Nc3ccc(C(=O)N(C)OC)cc3C2)cc1.CCCCOc1ccc(C=O)cc1.CON(C)C(=O)c1ccc(N)c(N)c1. The molecular formula is C41H51N5O7. The predicted molar refractivity (Wildman–Crippen MR) is 209 cm³/mol. The fraction of sp³-hybridized carbons (Fsp3) is 0.317. The number of fused-ring (bicyclic) bond motifs is 1. The number of nitrogens with zero attached hydrogens (tertiary/aromatic N) is 3. The van der Waals surface area contributed by atoms with E-state index in [-0.39, 0.29) is 11.8 Å². The van der Waals surface area contributed by atoms with E-state index in [9.17, 15) is 14.4 Å². The van der Waals surface area contributed by atoms with Crippen molar-refractivity contribution < 1.29 is 33.5 Å². The number of aliphatic imine (C=N–C) groups is 1. The summed E-state index contributed by atoms with van der Waals surface area (Å²) in [6, 6.07) is 25.5. The van der Waals surface area contributed by atoms with Crippen molar-refractivity contribution in [2.75, 3.05) is 53.0 Å². The number of amides is 2. The van der Waals surface area contributed by atoms with Gasteiger partial charge in [0.2, 0.25) is 0 Å². The van der Waals surface area contributed by atoms with Crippen LogP contribution in [-0.4, -0.2) is 75.5 Å². The molecule has 0 aromatic heterocycles. The molecule has 4 aromatic rings. The zero-order chi connectivity index (χ0) is 38.8. The maximum absolute atomic E-state index is 12.2. The number of hydrogen-bond acceptors (Lipinski definition) is 10. The Hall–Kier alpha value is -5.72. The van der Waals surface area contributed by atoms with E-state index >= 15 is 0 Å². The number of nitrogens with two attached hydrogens (primary N) is 2. The molecule has 0 bridgehead atoms. The first-order valence-electron chi connectivity index (χ1n) is 17.5. The van der Waals surface area contributed by atoms with Crippen LogP contribution in [0.2, 0.25) is 0 Å².